The van der Waals surface area contributed by atoms with E-state index in [4.69, 9.17) is 9.47 Å². The van der Waals surface area contributed by atoms with E-state index in [1.54, 1.807) is 6.07 Å². The molecule has 0 spiro atoms. The molecule has 1 unspecified atom stereocenters. The minimum absolute atomic E-state index is 0.0436. The van der Waals surface area contributed by atoms with Gasteiger partial charge in [0.25, 0.3) is 5.91 Å². The first-order valence-electron chi connectivity index (χ1n) is 13.2. The second-order valence-corrected chi connectivity index (χ2v) is 13.4. The normalized spacial score (nSPS) is 32.6. The monoisotopic (exact) mass is 517 g/mol. The number of nitrogens with zero attached hydrogens (tertiary/aromatic N) is 2. The Labute approximate surface area is 212 Å². The standard InChI is InChI=1S/C26H35N3O6S/c1-17(26-12-18-8-19(13-26)10-20(9-18)14-26)27-24(30)15-29-22-11-21(2-3-23(22)35-16-25(29)31)36(32,33)28-4-6-34-7-5-28/h2-3,11,17-20H,4-10,12-16H2,1H3,(H,27,30). The Kier molecular flexibility index (Phi) is 6.04. The Bertz CT molecular complexity index is 1130. The van der Waals surface area contributed by atoms with Crippen molar-refractivity contribution in [3.63, 3.8) is 0 Å². The quantitative estimate of drug-likeness (QED) is 0.620. The van der Waals surface area contributed by atoms with E-state index in [0.29, 0.717) is 24.7 Å². The maximum absolute atomic E-state index is 13.2. The molecule has 1 N–H and O–H groups in total. The smallest absolute Gasteiger partial charge is 0.265 e. The van der Waals surface area contributed by atoms with Crippen molar-refractivity contribution in [2.45, 2.75) is 56.4 Å². The third kappa shape index (κ3) is 4.20. The summed E-state index contributed by atoms with van der Waals surface area (Å²) < 4.78 is 38.6. The SMILES string of the molecule is CC(NC(=O)CN1C(=O)COc2ccc(S(=O)(=O)N3CCOCC3)cc21)C12CC3CC(CC(C3)C1)C2. The first-order chi connectivity index (χ1) is 17.2. The van der Waals surface area contributed by atoms with Gasteiger partial charge in [-0.25, -0.2) is 8.42 Å². The zero-order valence-corrected chi connectivity index (χ0v) is 21.6. The molecule has 4 bridgehead atoms. The van der Waals surface area contributed by atoms with Gasteiger partial charge in [-0.15, -0.1) is 0 Å². The zero-order valence-electron chi connectivity index (χ0n) is 20.8. The molecule has 0 aromatic heterocycles. The van der Waals surface area contributed by atoms with E-state index < -0.39 is 10.0 Å². The molecule has 7 rings (SSSR count). The van der Waals surface area contributed by atoms with E-state index >= 15 is 0 Å². The van der Waals surface area contributed by atoms with Gasteiger partial charge in [0.05, 0.1) is 23.8 Å². The van der Waals surface area contributed by atoms with Crippen molar-refractivity contribution in [1.82, 2.24) is 9.62 Å². The Balaban J connectivity index is 1.19. The van der Waals surface area contributed by atoms with Crippen LogP contribution in [0.4, 0.5) is 5.69 Å². The molecule has 4 saturated carbocycles. The van der Waals surface area contributed by atoms with Gasteiger partial charge in [0.1, 0.15) is 12.3 Å². The van der Waals surface area contributed by atoms with Gasteiger partial charge in [0, 0.05) is 19.1 Å². The molecule has 1 aromatic carbocycles. The van der Waals surface area contributed by atoms with Gasteiger partial charge in [-0.3, -0.25) is 14.5 Å². The van der Waals surface area contributed by atoms with Crippen molar-refractivity contribution in [2.24, 2.45) is 23.2 Å². The predicted molar refractivity (Wildman–Crippen MR) is 132 cm³/mol. The van der Waals surface area contributed by atoms with Crippen LogP contribution in [0, 0.1) is 23.2 Å². The summed E-state index contributed by atoms with van der Waals surface area (Å²) in [5.74, 6) is 2.18. The average molecular weight is 518 g/mol. The lowest BCUT2D eigenvalue weighted by Gasteiger charge is -2.59. The number of morpholine rings is 1. The minimum Gasteiger partial charge on any atom is -0.482 e. The van der Waals surface area contributed by atoms with E-state index in [-0.39, 0.29) is 54.4 Å². The van der Waals surface area contributed by atoms with Crippen LogP contribution in [0.2, 0.25) is 0 Å². The number of amides is 2. The van der Waals surface area contributed by atoms with E-state index in [1.807, 2.05) is 0 Å². The van der Waals surface area contributed by atoms with Gasteiger partial charge in [-0.05, 0) is 86.8 Å². The summed E-state index contributed by atoms with van der Waals surface area (Å²) in [5.41, 5.74) is 0.481. The lowest BCUT2D eigenvalue weighted by molar-refractivity contribution is -0.127. The summed E-state index contributed by atoms with van der Waals surface area (Å²) in [6.07, 6.45) is 7.57. The summed E-state index contributed by atoms with van der Waals surface area (Å²) in [4.78, 5) is 27.5. The molecule has 196 valence electrons. The zero-order chi connectivity index (χ0) is 25.1. The van der Waals surface area contributed by atoms with Gasteiger partial charge in [0.2, 0.25) is 15.9 Å². The lowest BCUT2D eigenvalue weighted by Crippen LogP contribution is -2.57. The first kappa shape index (κ1) is 24.2. The van der Waals surface area contributed by atoms with Gasteiger partial charge >= 0.3 is 0 Å². The molecule has 6 aliphatic rings. The first-order valence-corrected chi connectivity index (χ1v) is 14.6. The Morgan fingerprint density at radius 1 is 1.11 bits per heavy atom. The van der Waals surface area contributed by atoms with Crippen LogP contribution < -0.4 is 15.0 Å². The van der Waals surface area contributed by atoms with Gasteiger partial charge < -0.3 is 14.8 Å². The van der Waals surface area contributed by atoms with Crippen LogP contribution in [0.15, 0.2) is 23.1 Å². The molecule has 36 heavy (non-hydrogen) atoms. The van der Waals surface area contributed by atoms with Gasteiger partial charge in [-0.2, -0.15) is 4.31 Å². The van der Waals surface area contributed by atoms with Crippen molar-refractivity contribution >= 4 is 27.5 Å². The minimum atomic E-state index is -3.75. The fraction of sp³-hybridized carbons (Fsp3) is 0.692. The van der Waals surface area contributed by atoms with E-state index in [0.717, 1.165) is 17.8 Å². The summed E-state index contributed by atoms with van der Waals surface area (Å²) >= 11 is 0. The number of hydrogen-bond donors (Lipinski definition) is 1. The van der Waals surface area contributed by atoms with E-state index in [9.17, 15) is 18.0 Å². The Morgan fingerprint density at radius 3 is 2.39 bits per heavy atom. The second-order valence-electron chi connectivity index (χ2n) is 11.5. The number of ether oxygens (including phenoxy) is 2. The maximum Gasteiger partial charge on any atom is 0.265 e. The van der Waals surface area contributed by atoms with Crippen LogP contribution >= 0.6 is 0 Å². The van der Waals surface area contributed by atoms with Crippen molar-refractivity contribution < 1.29 is 27.5 Å². The molecule has 4 aliphatic carbocycles. The molecule has 5 fully saturated rings. The Morgan fingerprint density at radius 2 is 1.75 bits per heavy atom. The van der Waals surface area contributed by atoms with Crippen LogP contribution in [-0.2, 0) is 24.3 Å². The van der Waals surface area contributed by atoms with Crippen LogP contribution in [-0.4, -0.2) is 70.0 Å². The highest BCUT2D eigenvalue weighted by Gasteiger charge is 2.53. The molecular weight excluding hydrogens is 482 g/mol. The van der Waals surface area contributed by atoms with E-state index in [1.165, 1.54) is 59.9 Å². The number of hydrogen-bond acceptors (Lipinski definition) is 6. The number of carbonyl (C=O) groups is 2. The number of rotatable bonds is 6. The highest BCUT2D eigenvalue weighted by molar-refractivity contribution is 7.89. The molecule has 2 heterocycles. The average Bonchev–Trinajstić information content (AvgIpc) is 2.85. The molecule has 2 aliphatic heterocycles. The van der Waals surface area contributed by atoms with Crippen LogP contribution in [0.5, 0.6) is 5.75 Å². The highest BCUT2D eigenvalue weighted by atomic mass is 32.2. The van der Waals surface area contributed by atoms with Gasteiger partial charge in [-0.1, -0.05) is 0 Å². The number of sulfonamides is 1. The number of anilines is 1. The number of benzene rings is 1. The van der Waals surface area contributed by atoms with Gasteiger partial charge in [0.15, 0.2) is 6.61 Å². The number of fused-ring (bicyclic) bond motifs is 1. The van der Waals surface area contributed by atoms with Crippen LogP contribution in [0.1, 0.15) is 45.4 Å². The van der Waals surface area contributed by atoms with Crippen molar-refractivity contribution in [1.29, 1.82) is 0 Å². The molecule has 1 atom stereocenters. The summed E-state index contributed by atoms with van der Waals surface area (Å²) in [7, 11) is -3.75. The van der Waals surface area contributed by atoms with E-state index in [2.05, 4.69) is 12.2 Å². The topological polar surface area (TPSA) is 105 Å². The second kappa shape index (κ2) is 8.99. The molecule has 10 heteroatoms. The molecule has 2 amide bonds. The van der Waals surface area contributed by atoms with Crippen LogP contribution in [0.3, 0.4) is 0 Å². The third-order valence-corrected chi connectivity index (χ3v) is 11.1. The largest absolute Gasteiger partial charge is 0.482 e. The van der Waals surface area contributed by atoms with Crippen molar-refractivity contribution in [3.05, 3.63) is 18.2 Å². The number of nitrogens with one attached hydrogen (secondary N) is 1. The fourth-order valence-corrected chi connectivity index (χ4v) is 9.17. The van der Waals surface area contributed by atoms with Crippen molar-refractivity contribution in [2.75, 3.05) is 44.4 Å². The summed E-state index contributed by atoms with van der Waals surface area (Å²) in [6, 6.07) is 4.56. The number of carbonyl (C=O) groups excluding carboxylic acids is 2. The lowest BCUT2D eigenvalue weighted by atomic mass is 9.48. The molecule has 0 radical (unpaired) electrons. The molecule has 1 saturated heterocycles. The third-order valence-electron chi connectivity index (χ3n) is 9.16. The summed E-state index contributed by atoms with van der Waals surface area (Å²) in [5, 5.41) is 3.22. The maximum atomic E-state index is 13.2. The molecule has 9 nitrogen and oxygen atoms in total. The fourth-order valence-electron chi connectivity index (χ4n) is 7.74. The van der Waals surface area contributed by atoms with Crippen LogP contribution in [0.25, 0.3) is 0 Å². The van der Waals surface area contributed by atoms with Crippen molar-refractivity contribution in [3.8, 4) is 5.75 Å². The molecular formula is C26H35N3O6S. The highest BCUT2D eigenvalue weighted by Crippen LogP contribution is 2.61. The molecule has 1 aromatic rings. The Hall–Kier alpha value is -2.17. The predicted octanol–water partition coefficient (Wildman–Crippen LogP) is 2.15. The summed E-state index contributed by atoms with van der Waals surface area (Å²) in [6.45, 7) is 3.03.